The molecule has 1 fully saturated rings. The molecule has 20 heavy (non-hydrogen) atoms. The molecule has 0 saturated carbocycles. The molecule has 0 spiro atoms. The minimum Gasteiger partial charge on any atom is -0.339 e. The fourth-order valence-electron chi connectivity index (χ4n) is 2.11. The molecule has 0 atom stereocenters. The molecule has 0 unspecified atom stereocenters. The number of likely N-dealkylation sites (tertiary alicyclic amines) is 1. The largest absolute Gasteiger partial charge is 0.339 e. The van der Waals surface area contributed by atoms with Crippen molar-refractivity contribution in [2.75, 3.05) is 13.1 Å². The van der Waals surface area contributed by atoms with Gasteiger partial charge in [-0.3, -0.25) is 4.79 Å². The lowest BCUT2D eigenvalue weighted by molar-refractivity contribution is 0.0569. The summed E-state index contributed by atoms with van der Waals surface area (Å²) >= 11 is 5.88. The summed E-state index contributed by atoms with van der Waals surface area (Å²) in [4.78, 5) is 17.9. The van der Waals surface area contributed by atoms with E-state index in [1.54, 1.807) is 11.8 Å². The second kappa shape index (κ2) is 4.86. The van der Waals surface area contributed by atoms with Gasteiger partial charge in [-0.1, -0.05) is 16.8 Å². The van der Waals surface area contributed by atoms with E-state index in [0.29, 0.717) is 30.4 Å². The molecule has 1 saturated heterocycles. The summed E-state index contributed by atoms with van der Waals surface area (Å²) < 4.78 is 18.0. The molecular formula is C13H11ClFN3O2. The Balaban J connectivity index is 1.69. The first-order valence-corrected chi connectivity index (χ1v) is 6.47. The Morgan fingerprint density at radius 2 is 2.25 bits per heavy atom. The van der Waals surface area contributed by atoms with Crippen LogP contribution in [0, 0.1) is 12.7 Å². The first kappa shape index (κ1) is 13.1. The summed E-state index contributed by atoms with van der Waals surface area (Å²) in [5.74, 6) is 0.486. The van der Waals surface area contributed by atoms with E-state index in [1.165, 1.54) is 12.1 Å². The van der Waals surface area contributed by atoms with Crippen molar-refractivity contribution in [2.24, 2.45) is 0 Å². The lowest BCUT2D eigenvalue weighted by Crippen LogP contribution is -2.48. The number of hydrogen-bond donors (Lipinski definition) is 0. The van der Waals surface area contributed by atoms with Gasteiger partial charge in [0.05, 0.1) is 16.5 Å². The molecule has 1 aliphatic rings. The summed E-state index contributed by atoms with van der Waals surface area (Å²) in [6.07, 6.45) is 0. The summed E-state index contributed by atoms with van der Waals surface area (Å²) in [7, 11) is 0. The van der Waals surface area contributed by atoms with Gasteiger partial charge in [-0.05, 0) is 25.1 Å². The van der Waals surface area contributed by atoms with Crippen LogP contribution < -0.4 is 0 Å². The Morgan fingerprint density at radius 3 is 2.85 bits per heavy atom. The fraction of sp³-hybridized carbons (Fsp3) is 0.308. The van der Waals surface area contributed by atoms with Crippen LogP contribution in [-0.4, -0.2) is 34.0 Å². The maximum atomic E-state index is 13.0. The third-order valence-corrected chi connectivity index (χ3v) is 3.54. The number of halogens is 2. The Hall–Kier alpha value is -1.95. The smallest absolute Gasteiger partial charge is 0.255 e. The van der Waals surface area contributed by atoms with Crippen LogP contribution in [0.2, 0.25) is 5.02 Å². The van der Waals surface area contributed by atoms with E-state index >= 15 is 0 Å². The van der Waals surface area contributed by atoms with Gasteiger partial charge in [0.25, 0.3) is 5.91 Å². The van der Waals surface area contributed by atoms with Gasteiger partial charge in [0.15, 0.2) is 5.82 Å². The highest BCUT2D eigenvalue weighted by atomic mass is 35.5. The quantitative estimate of drug-likeness (QED) is 0.853. The van der Waals surface area contributed by atoms with Crippen LogP contribution in [0.25, 0.3) is 0 Å². The molecule has 2 aromatic rings. The monoisotopic (exact) mass is 295 g/mol. The zero-order chi connectivity index (χ0) is 14.3. The Kier molecular flexibility index (Phi) is 3.17. The normalized spacial score (nSPS) is 15.2. The number of amides is 1. The molecule has 0 aliphatic carbocycles. The third kappa shape index (κ3) is 2.27. The van der Waals surface area contributed by atoms with E-state index in [2.05, 4.69) is 10.1 Å². The van der Waals surface area contributed by atoms with Crippen molar-refractivity contribution in [2.45, 2.75) is 12.8 Å². The highest BCUT2D eigenvalue weighted by Crippen LogP contribution is 2.29. The minimum atomic E-state index is -0.464. The van der Waals surface area contributed by atoms with Gasteiger partial charge >= 0.3 is 0 Å². The predicted molar refractivity (Wildman–Crippen MR) is 69.1 cm³/mol. The van der Waals surface area contributed by atoms with Gasteiger partial charge in [0, 0.05) is 13.1 Å². The van der Waals surface area contributed by atoms with Gasteiger partial charge in [-0.25, -0.2) is 4.39 Å². The van der Waals surface area contributed by atoms with Crippen molar-refractivity contribution in [1.82, 2.24) is 15.0 Å². The number of rotatable bonds is 2. The van der Waals surface area contributed by atoms with Crippen molar-refractivity contribution in [3.63, 3.8) is 0 Å². The molecular weight excluding hydrogens is 285 g/mol. The van der Waals surface area contributed by atoms with Gasteiger partial charge in [0.2, 0.25) is 5.89 Å². The molecule has 7 heteroatoms. The topological polar surface area (TPSA) is 59.2 Å². The Bertz CT molecular complexity index is 667. The number of carbonyl (C=O) groups excluding carboxylic acids is 1. The Labute approximate surface area is 119 Å². The zero-order valence-electron chi connectivity index (χ0n) is 10.6. The van der Waals surface area contributed by atoms with E-state index in [-0.39, 0.29) is 16.8 Å². The van der Waals surface area contributed by atoms with Crippen LogP contribution in [0.1, 0.15) is 28.0 Å². The third-order valence-electron chi connectivity index (χ3n) is 3.22. The molecule has 0 radical (unpaired) electrons. The summed E-state index contributed by atoms with van der Waals surface area (Å²) in [6, 6.07) is 3.75. The molecule has 5 nitrogen and oxygen atoms in total. The van der Waals surface area contributed by atoms with Crippen LogP contribution in [-0.2, 0) is 0 Å². The number of benzene rings is 1. The van der Waals surface area contributed by atoms with Gasteiger partial charge < -0.3 is 9.42 Å². The number of aryl methyl sites for hydroxylation is 1. The van der Waals surface area contributed by atoms with Crippen molar-refractivity contribution >= 4 is 17.5 Å². The number of nitrogens with zero attached hydrogens (tertiary/aromatic N) is 3. The zero-order valence-corrected chi connectivity index (χ0v) is 11.4. The standard InChI is InChI=1S/C13H11ClFN3O2/c1-7-16-12(20-17-7)8-5-18(6-8)13(19)10-3-2-9(15)4-11(10)14/h2-4,8H,5-6H2,1H3. The highest BCUT2D eigenvalue weighted by molar-refractivity contribution is 6.33. The van der Waals surface area contributed by atoms with Gasteiger partial charge in [0.1, 0.15) is 5.82 Å². The second-order valence-corrected chi connectivity index (χ2v) is 5.12. The fourth-order valence-corrected chi connectivity index (χ4v) is 2.36. The van der Waals surface area contributed by atoms with Crippen LogP contribution in [0.4, 0.5) is 4.39 Å². The number of aromatic nitrogens is 2. The summed E-state index contributed by atoms with van der Waals surface area (Å²) in [6.45, 7) is 2.73. The average molecular weight is 296 g/mol. The molecule has 0 N–H and O–H groups in total. The highest BCUT2D eigenvalue weighted by Gasteiger charge is 2.36. The van der Waals surface area contributed by atoms with Gasteiger partial charge in [-0.15, -0.1) is 0 Å². The SMILES string of the molecule is Cc1noc(C2CN(C(=O)c3ccc(F)cc3Cl)C2)n1. The molecule has 1 aromatic heterocycles. The summed E-state index contributed by atoms with van der Waals surface area (Å²) in [5.41, 5.74) is 0.299. The minimum absolute atomic E-state index is 0.0550. The van der Waals surface area contributed by atoms with E-state index in [1.807, 2.05) is 0 Å². The second-order valence-electron chi connectivity index (χ2n) is 4.71. The van der Waals surface area contributed by atoms with Crippen LogP contribution in [0.15, 0.2) is 22.7 Å². The first-order valence-electron chi connectivity index (χ1n) is 6.09. The van der Waals surface area contributed by atoms with Crippen LogP contribution >= 0.6 is 11.6 Å². The van der Waals surface area contributed by atoms with Gasteiger partial charge in [-0.2, -0.15) is 4.98 Å². The maximum absolute atomic E-state index is 13.0. The van der Waals surface area contributed by atoms with Crippen LogP contribution in [0.5, 0.6) is 0 Å². The van der Waals surface area contributed by atoms with Crippen molar-refractivity contribution in [1.29, 1.82) is 0 Å². The lowest BCUT2D eigenvalue weighted by Gasteiger charge is -2.37. The van der Waals surface area contributed by atoms with Crippen molar-refractivity contribution < 1.29 is 13.7 Å². The van der Waals surface area contributed by atoms with E-state index < -0.39 is 5.82 Å². The first-order chi connectivity index (χ1) is 9.54. The molecule has 1 aliphatic heterocycles. The molecule has 3 rings (SSSR count). The average Bonchev–Trinajstić information content (AvgIpc) is 2.73. The molecule has 1 aromatic carbocycles. The molecule has 0 bridgehead atoms. The van der Waals surface area contributed by atoms with Crippen molar-refractivity contribution in [3.05, 3.63) is 46.3 Å². The predicted octanol–water partition coefficient (Wildman–Crippen LogP) is 2.41. The maximum Gasteiger partial charge on any atom is 0.255 e. The van der Waals surface area contributed by atoms with Crippen molar-refractivity contribution in [3.8, 4) is 0 Å². The number of carbonyl (C=O) groups is 1. The van der Waals surface area contributed by atoms with Crippen LogP contribution in [0.3, 0.4) is 0 Å². The van der Waals surface area contributed by atoms with E-state index in [4.69, 9.17) is 16.1 Å². The number of hydrogen-bond acceptors (Lipinski definition) is 4. The lowest BCUT2D eigenvalue weighted by atomic mass is 9.98. The Morgan fingerprint density at radius 1 is 1.50 bits per heavy atom. The molecule has 104 valence electrons. The van der Waals surface area contributed by atoms with E-state index in [0.717, 1.165) is 6.07 Å². The molecule has 1 amide bonds. The van der Waals surface area contributed by atoms with E-state index in [9.17, 15) is 9.18 Å². The summed E-state index contributed by atoms with van der Waals surface area (Å²) in [5, 5.41) is 3.84. The molecule has 2 heterocycles.